The first-order valence-corrected chi connectivity index (χ1v) is 9.01. The number of alkyl halides is 1. The molecule has 1 atom stereocenters. The molecule has 1 heterocycles. The number of benzene rings is 1. The van der Waals surface area contributed by atoms with E-state index in [-0.39, 0.29) is 18.1 Å². The van der Waals surface area contributed by atoms with E-state index in [2.05, 4.69) is 27.3 Å². The van der Waals surface area contributed by atoms with Gasteiger partial charge in [-0.15, -0.1) is 0 Å². The highest BCUT2D eigenvalue weighted by molar-refractivity contribution is 9.09. The minimum Gasteiger partial charge on any atom is -0.462 e. The maximum atomic E-state index is 12.2. The second-order valence-corrected chi connectivity index (χ2v) is 6.49. The van der Waals surface area contributed by atoms with Crippen molar-refractivity contribution in [3.05, 3.63) is 29.3 Å². The van der Waals surface area contributed by atoms with Crippen molar-refractivity contribution in [3.63, 3.8) is 0 Å². The molecule has 0 fully saturated rings. The van der Waals surface area contributed by atoms with E-state index in [1.165, 1.54) is 6.92 Å². The molecule has 1 aliphatic rings. The van der Waals surface area contributed by atoms with E-state index in [0.29, 0.717) is 18.4 Å². The number of hydrogen-bond donors (Lipinski definition) is 1. The predicted molar refractivity (Wildman–Crippen MR) is 93.8 cm³/mol. The monoisotopic (exact) mass is 382 g/mol. The lowest BCUT2D eigenvalue weighted by Gasteiger charge is -2.30. The highest BCUT2D eigenvalue weighted by atomic mass is 79.9. The minimum atomic E-state index is -0.253. The standard InChI is InChI=1S/C17H23BrN2O3/c1-12-6-5-7-14-11-20(17(22)19-16(12)14)9-4-3-8-15(10-18)23-13(2)21/h5-7,15H,3-4,8-11H2,1-2H3,(H,19,22). The van der Waals surface area contributed by atoms with E-state index in [9.17, 15) is 9.59 Å². The largest absolute Gasteiger partial charge is 0.462 e. The first-order chi connectivity index (χ1) is 11.0. The molecule has 0 bridgehead atoms. The van der Waals surface area contributed by atoms with Crippen LogP contribution >= 0.6 is 15.9 Å². The van der Waals surface area contributed by atoms with Crippen molar-refractivity contribution in [1.29, 1.82) is 0 Å². The normalized spacial score (nSPS) is 14.9. The summed E-state index contributed by atoms with van der Waals surface area (Å²) in [4.78, 5) is 25.0. The van der Waals surface area contributed by atoms with Crippen LogP contribution in [-0.2, 0) is 16.1 Å². The van der Waals surface area contributed by atoms with Gasteiger partial charge in [0, 0.05) is 25.3 Å². The van der Waals surface area contributed by atoms with Crippen LogP contribution in [0.1, 0.15) is 37.3 Å². The quantitative estimate of drug-likeness (QED) is 0.442. The third kappa shape index (κ3) is 4.96. The molecule has 2 rings (SSSR count). The number of carbonyl (C=O) groups is 2. The summed E-state index contributed by atoms with van der Waals surface area (Å²) in [7, 11) is 0. The highest BCUT2D eigenvalue weighted by Crippen LogP contribution is 2.26. The van der Waals surface area contributed by atoms with Crippen molar-refractivity contribution in [2.75, 3.05) is 17.2 Å². The molecule has 1 aromatic rings. The van der Waals surface area contributed by atoms with Gasteiger partial charge in [0.1, 0.15) is 6.10 Å². The number of hydrogen-bond acceptors (Lipinski definition) is 3. The zero-order chi connectivity index (χ0) is 16.8. The van der Waals surface area contributed by atoms with Crippen LogP contribution in [0, 0.1) is 6.92 Å². The molecule has 2 amide bonds. The van der Waals surface area contributed by atoms with Crippen LogP contribution in [0.25, 0.3) is 0 Å². The Morgan fingerprint density at radius 3 is 2.91 bits per heavy atom. The average molecular weight is 383 g/mol. The van der Waals surface area contributed by atoms with Crippen molar-refractivity contribution >= 4 is 33.6 Å². The van der Waals surface area contributed by atoms with Crippen LogP contribution in [0.15, 0.2) is 18.2 Å². The zero-order valence-corrected chi connectivity index (χ0v) is 15.2. The number of aryl methyl sites for hydroxylation is 1. The molecule has 1 aliphatic heterocycles. The van der Waals surface area contributed by atoms with E-state index < -0.39 is 0 Å². The molecule has 0 spiro atoms. The van der Waals surface area contributed by atoms with E-state index in [4.69, 9.17) is 4.74 Å². The summed E-state index contributed by atoms with van der Waals surface area (Å²) >= 11 is 3.36. The number of ether oxygens (including phenoxy) is 1. The molecule has 1 unspecified atom stereocenters. The first-order valence-electron chi connectivity index (χ1n) is 7.89. The van der Waals surface area contributed by atoms with Crippen LogP contribution in [0.5, 0.6) is 0 Å². The Labute approximate surface area is 145 Å². The molecule has 0 saturated carbocycles. The zero-order valence-electron chi connectivity index (χ0n) is 13.6. The molecule has 1 aromatic carbocycles. The fraction of sp³-hybridized carbons (Fsp3) is 0.529. The number of rotatable bonds is 7. The topological polar surface area (TPSA) is 58.6 Å². The van der Waals surface area contributed by atoms with Crippen molar-refractivity contribution in [2.45, 2.75) is 45.8 Å². The second kappa shape index (κ2) is 8.34. The molecule has 23 heavy (non-hydrogen) atoms. The van der Waals surface area contributed by atoms with Gasteiger partial charge in [0.15, 0.2) is 0 Å². The molecule has 0 radical (unpaired) electrons. The summed E-state index contributed by atoms with van der Waals surface area (Å²) in [5.74, 6) is -0.253. The van der Waals surface area contributed by atoms with Crippen LogP contribution in [0.3, 0.4) is 0 Å². The number of amides is 2. The fourth-order valence-electron chi connectivity index (χ4n) is 2.76. The molecule has 1 N–H and O–H groups in total. The van der Waals surface area contributed by atoms with Crippen molar-refractivity contribution in [3.8, 4) is 0 Å². The molecule has 5 nitrogen and oxygen atoms in total. The number of anilines is 1. The SMILES string of the molecule is CC(=O)OC(CBr)CCCCN1Cc2cccc(C)c2NC1=O. The Bertz CT molecular complexity index is 577. The predicted octanol–water partition coefficient (Wildman–Crippen LogP) is 3.84. The Morgan fingerprint density at radius 2 is 2.22 bits per heavy atom. The summed E-state index contributed by atoms with van der Waals surface area (Å²) in [6.07, 6.45) is 2.51. The number of esters is 1. The van der Waals surface area contributed by atoms with Crippen LogP contribution < -0.4 is 5.32 Å². The average Bonchev–Trinajstić information content (AvgIpc) is 2.51. The van der Waals surface area contributed by atoms with Crippen LogP contribution in [0.4, 0.5) is 10.5 Å². The second-order valence-electron chi connectivity index (χ2n) is 5.84. The van der Waals surface area contributed by atoms with Crippen LogP contribution in [-0.4, -0.2) is 34.9 Å². The Kier molecular flexibility index (Phi) is 6.45. The molecular formula is C17H23BrN2O3. The highest BCUT2D eigenvalue weighted by Gasteiger charge is 2.23. The summed E-state index contributed by atoms with van der Waals surface area (Å²) in [5.41, 5.74) is 3.20. The summed E-state index contributed by atoms with van der Waals surface area (Å²) < 4.78 is 5.19. The summed E-state index contributed by atoms with van der Waals surface area (Å²) in [5, 5.41) is 3.62. The fourth-order valence-corrected chi connectivity index (χ4v) is 3.22. The number of urea groups is 1. The van der Waals surface area contributed by atoms with Gasteiger partial charge in [-0.1, -0.05) is 34.1 Å². The maximum Gasteiger partial charge on any atom is 0.322 e. The number of para-hydroxylation sites is 1. The van der Waals surface area contributed by atoms with Gasteiger partial charge >= 0.3 is 12.0 Å². The maximum absolute atomic E-state index is 12.2. The van der Waals surface area contributed by atoms with Gasteiger partial charge < -0.3 is 15.0 Å². The lowest BCUT2D eigenvalue weighted by atomic mass is 10.1. The van der Waals surface area contributed by atoms with E-state index in [1.807, 2.05) is 24.0 Å². The van der Waals surface area contributed by atoms with Gasteiger partial charge in [-0.2, -0.15) is 0 Å². The number of nitrogens with one attached hydrogen (secondary N) is 1. The number of carbonyl (C=O) groups excluding carboxylic acids is 2. The molecule has 0 aromatic heterocycles. The molecule has 6 heteroatoms. The first kappa shape index (κ1) is 17.8. The Balaban J connectivity index is 1.80. The number of halogens is 1. The van der Waals surface area contributed by atoms with E-state index >= 15 is 0 Å². The van der Waals surface area contributed by atoms with Crippen molar-refractivity contribution in [2.24, 2.45) is 0 Å². The van der Waals surface area contributed by atoms with E-state index in [1.54, 1.807) is 0 Å². The smallest absolute Gasteiger partial charge is 0.322 e. The van der Waals surface area contributed by atoms with Gasteiger partial charge in [0.25, 0.3) is 0 Å². The lowest BCUT2D eigenvalue weighted by Crippen LogP contribution is -2.39. The molecule has 0 aliphatic carbocycles. The Hall–Kier alpha value is -1.56. The van der Waals surface area contributed by atoms with E-state index in [0.717, 1.165) is 36.1 Å². The summed E-state index contributed by atoms with van der Waals surface area (Å²) in [6.45, 7) is 4.78. The van der Waals surface area contributed by atoms with Gasteiger partial charge in [-0.05, 0) is 37.3 Å². The molecular weight excluding hydrogens is 360 g/mol. The van der Waals surface area contributed by atoms with Crippen LogP contribution in [0.2, 0.25) is 0 Å². The lowest BCUT2D eigenvalue weighted by molar-refractivity contribution is -0.145. The van der Waals surface area contributed by atoms with Crippen molar-refractivity contribution < 1.29 is 14.3 Å². The Morgan fingerprint density at radius 1 is 1.43 bits per heavy atom. The van der Waals surface area contributed by atoms with Gasteiger partial charge in [0.2, 0.25) is 0 Å². The third-order valence-corrected chi connectivity index (χ3v) is 4.67. The minimum absolute atomic E-state index is 0.0381. The van der Waals surface area contributed by atoms with Gasteiger partial charge in [0.05, 0.1) is 5.69 Å². The molecule has 0 saturated heterocycles. The number of unbranched alkanes of at least 4 members (excludes halogenated alkanes) is 1. The van der Waals surface area contributed by atoms with Gasteiger partial charge in [-0.25, -0.2) is 4.79 Å². The third-order valence-electron chi connectivity index (χ3n) is 3.95. The van der Waals surface area contributed by atoms with Crippen molar-refractivity contribution in [1.82, 2.24) is 4.90 Å². The van der Waals surface area contributed by atoms with Gasteiger partial charge in [-0.3, -0.25) is 4.79 Å². The number of nitrogens with zero attached hydrogens (tertiary/aromatic N) is 1. The summed E-state index contributed by atoms with van der Waals surface area (Å²) in [6, 6.07) is 6.04. The number of fused-ring (bicyclic) bond motifs is 1. The molecule has 126 valence electrons.